The Labute approximate surface area is 106 Å². The topological polar surface area (TPSA) is 17.1 Å². The molecule has 0 unspecified atom stereocenters. The molecule has 1 aromatic heterocycles. The summed E-state index contributed by atoms with van der Waals surface area (Å²) in [6.07, 6.45) is 1.44. The Morgan fingerprint density at radius 1 is 1.18 bits per heavy atom. The van der Waals surface area contributed by atoms with Gasteiger partial charge >= 0.3 is 0 Å². The van der Waals surface area contributed by atoms with E-state index in [-0.39, 0.29) is 5.78 Å². The van der Waals surface area contributed by atoms with E-state index in [1.54, 1.807) is 11.3 Å². The molecule has 1 nitrogen and oxygen atoms in total. The van der Waals surface area contributed by atoms with Gasteiger partial charge in [-0.25, -0.2) is 0 Å². The first-order chi connectivity index (χ1) is 8.16. The monoisotopic (exact) mass is 244 g/mol. The summed E-state index contributed by atoms with van der Waals surface area (Å²) in [4.78, 5) is 12.0. The molecule has 0 aliphatic heterocycles. The predicted octanol–water partition coefficient (Wildman–Crippen LogP) is 4.18. The molecule has 0 N–H and O–H groups in total. The molecule has 0 fully saturated rings. The minimum atomic E-state index is 0.235. The van der Waals surface area contributed by atoms with Crippen molar-refractivity contribution >= 4 is 17.1 Å². The van der Waals surface area contributed by atoms with Crippen molar-refractivity contribution in [3.63, 3.8) is 0 Å². The highest BCUT2D eigenvalue weighted by Gasteiger charge is 2.07. The van der Waals surface area contributed by atoms with Gasteiger partial charge in [0.1, 0.15) is 0 Å². The van der Waals surface area contributed by atoms with Gasteiger partial charge in [-0.15, -0.1) is 0 Å². The van der Waals surface area contributed by atoms with E-state index >= 15 is 0 Å². The van der Waals surface area contributed by atoms with E-state index in [1.165, 1.54) is 16.7 Å². The van der Waals surface area contributed by atoms with E-state index < -0.39 is 0 Å². The van der Waals surface area contributed by atoms with Gasteiger partial charge in [0, 0.05) is 12.0 Å². The van der Waals surface area contributed by atoms with Crippen molar-refractivity contribution in [2.45, 2.75) is 26.7 Å². The molecule has 2 heteroatoms. The second kappa shape index (κ2) is 5.28. The number of Topliss-reactive ketones (excluding diaryl/α,β-unsaturated/α-hetero) is 1. The third-order valence-electron chi connectivity index (χ3n) is 3.05. The molecule has 0 aliphatic rings. The Hall–Kier alpha value is -1.41. The molecule has 0 bridgehead atoms. The van der Waals surface area contributed by atoms with E-state index in [0.29, 0.717) is 6.42 Å². The van der Waals surface area contributed by atoms with Gasteiger partial charge in [-0.05, 0) is 59.9 Å². The molecule has 0 spiro atoms. The number of carbonyl (C=O) groups is 1. The maximum atomic E-state index is 12.0. The molecule has 88 valence electrons. The van der Waals surface area contributed by atoms with Crippen LogP contribution < -0.4 is 0 Å². The number of thiophene rings is 1. The van der Waals surface area contributed by atoms with E-state index in [0.717, 1.165) is 12.0 Å². The average molecular weight is 244 g/mol. The van der Waals surface area contributed by atoms with Gasteiger partial charge in [0.2, 0.25) is 0 Å². The number of benzene rings is 1. The van der Waals surface area contributed by atoms with Crippen LogP contribution in [0.5, 0.6) is 0 Å². The van der Waals surface area contributed by atoms with Crippen molar-refractivity contribution in [3.05, 3.63) is 57.3 Å². The summed E-state index contributed by atoms with van der Waals surface area (Å²) >= 11 is 1.68. The molecular formula is C15H16OS. The van der Waals surface area contributed by atoms with Crippen molar-refractivity contribution in [2.24, 2.45) is 0 Å². The Bertz CT molecular complexity index is 512. The summed E-state index contributed by atoms with van der Waals surface area (Å²) in [5.74, 6) is 0.235. The fraction of sp³-hybridized carbons (Fsp3) is 0.267. The van der Waals surface area contributed by atoms with Gasteiger partial charge in [0.25, 0.3) is 0 Å². The van der Waals surface area contributed by atoms with Gasteiger partial charge in [-0.3, -0.25) is 4.79 Å². The fourth-order valence-electron chi connectivity index (χ4n) is 1.75. The van der Waals surface area contributed by atoms with Gasteiger partial charge in [-0.2, -0.15) is 11.3 Å². The summed E-state index contributed by atoms with van der Waals surface area (Å²) in [6, 6.07) is 8.02. The number of ketones is 1. The zero-order valence-corrected chi connectivity index (χ0v) is 11.0. The quantitative estimate of drug-likeness (QED) is 0.737. The highest BCUT2D eigenvalue weighted by molar-refractivity contribution is 7.07. The van der Waals surface area contributed by atoms with Crippen molar-refractivity contribution < 1.29 is 4.79 Å². The van der Waals surface area contributed by atoms with Gasteiger partial charge in [-0.1, -0.05) is 12.1 Å². The Morgan fingerprint density at radius 2 is 2.00 bits per heavy atom. The Balaban J connectivity index is 2.02. The predicted molar refractivity (Wildman–Crippen MR) is 72.9 cm³/mol. The minimum Gasteiger partial charge on any atom is -0.294 e. The molecule has 17 heavy (non-hydrogen) atoms. The van der Waals surface area contributed by atoms with E-state index in [1.807, 2.05) is 25.1 Å². The molecule has 2 rings (SSSR count). The molecule has 1 heterocycles. The lowest BCUT2D eigenvalue weighted by Gasteiger charge is -2.04. The van der Waals surface area contributed by atoms with Crippen molar-refractivity contribution in [1.29, 1.82) is 0 Å². The second-order valence-electron chi connectivity index (χ2n) is 4.35. The molecule has 0 saturated carbocycles. The maximum absolute atomic E-state index is 12.0. The lowest BCUT2D eigenvalue weighted by atomic mass is 10.0. The summed E-state index contributed by atoms with van der Waals surface area (Å²) < 4.78 is 0. The number of hydrogen-bond donors (Lipinski definition) is 0. The lowest BCUT2D eigenvalue weighted by Crippen LogP contribution is -2.01. The summed E-state index contributed by atoms with van der Waals surface area (Å²) in [6.45, 7) is 4.11. The van der Waals surface area contributed by atoms with E-state index in [9.17, 15) is 4.79 Å². The van der Waals surface area contributed by atoms with Crippen LogP contribution in [-0.2, 0) is 6.42 Å². The van der Waals surface area contributed by atoms with Crippen LogP contribution in [0.4, 0.5) is 0 Å². The Kier molecular flexibility index (Phi) is 3.75. The average Bonchev–Trinajstić information content (AvgIpc) is 2.82. The first kappa shape index (κ1) is 12.1. The zero-order valence-electron chi connectivity index (χ0n) is 10.2. The number of aryl methyl sites for hydroxylation is 3. The molecule has 0 amide bonds. The summed E-state index contributed by atoms with van der Waals surface area (Å²) in [7, 11) is 0. The van der Waals surface area contributed by atoms with E-state index in [4.69, 9.17) is 0 Å². The molecule has 2 aromatic rings. The highest BCUT2D eigenvalue weighted by Crippen LogP contribution is 2.14. The molecule has 0 atom stereocenters. The molecule has 0 saturated heterocycles. The van der Waals surface area contributed by atoms with E-state index in [2.05, 4.69) is 23.8 Å². The van der Waals surface area contributed by atoms with Crippen LogP contribution in [0.25, 0.3) is 0 Å². The highest BCUT2D eigenvalue weighted by atomic mass is 32.1. The van der Waals surface area contributed by atoms with Crippen LogP contribution in [0, 0.1) is 13.8 Å². The molecule has 0 radical (unpaired) electrons. The largest absolute Gasteiger partial charge is 0.294 e. The van der Waals surface area contributed by atoms with Crippen molar-refractivity contribution in [3.8, 4) is 0 Å². The van der Waals surface area contributed by atoms with Crippen LogP contribution in [0.15, 0.2) is 35.0 Å². The minimum absolute atomic E-state index is 0.235. The van der Waals surface area contributed by atoms with Crippen molar-refractivity contribution in [1.82, 2.24) is 0 Å². The lowest BCUT2D eigenvalue weighted by molar-refractivity contribution is 0.0983. The third kappa shape index (κ3) is 3.04. The SMILES string of the molecule is Cc1ccc(C(=O)CCc2ccsc2)cc1C. The second-order valence-corrected chi connectivity index (χ2v) is 5.13. The number of hydrogen-bond acceptors (Lipinski definition) is 2. The van der Waals surface area contributed by atoms with Gasteiger partial charge in [0.05, 0.1) is 0 Å². The standard InChI is InChI=1S/C15H16OS/c1-11-3-5-14(9-12(11)2)15(16)6-4-13-7-8-17-10-13/h3,5,7-10H,4,6H2,1-2H3. The normalized spacial score (nSPS) is 10.5. The van der Waals surface area contributed by atoms with Crippen molar-refractivity contribution in [2.75, 3.05) is 0 Å². The zero-order chi connectivity index (χ0) is 12.3. The van der Waals surface area contributed by atoms with Crippen LogP contribution in [0.2, 0.25) is 0 Å². The van der Waals surface area contributed by atoms with Crippen LogP contribution in [0.3, 0.4) is 0 Å². The Morgan fingerprint density at radius 3 is 2.65 bits per heavy atom. The third-order valence-corrected chi connectivity index (χ3v) is 3.78. The first-order valence-corrected chi connectivity index (χ1v) is 6.72. The smallest absolute Gasteiger partial charge is 0.163 e. The summed E-state index contributed by atoms with van der Waals surface area (Å²) in [5, 5.41) is 4.16. The first-order valence-electron chi connectivity index (χ1n) is 5.78. The molecule has 1 aromatic carbocycles. The summed E-state index contributed by atoms with van der Waals surface area (Å²) in [5.41, 5.74) is 4.52. The van der Waals surface area contributed by atoms with Crippen LogP contribution in [0.1, 0.15) is 33.5 Å². The number of carbonyl (C=O) groups excluding carboxylic acids is 1. The van der Waals surface area contributed by atoms with Gasteiger partial charge in [0.15, 0.2) is 5.78 Å². The fourth-order valence-corrected chi connectivity index (χ4v) is 2.46. The molecular weight excluding hydrogens is 228 g/mol. The van der Waals surface area contributed by atoms with Crippen LogP contribution >= 0.6 is 11.3 Å². The van der Waals surface area contributed by atoms with Crippen LogP contribution in [-0.4, -0.2) is 5.78 Å². The maximum Gasteiger partial charge on any atom is 0.163 e. The number of rotatable bonds is 4. The van der Waals surface area contributed by atoms with Gasteiger partial charge < -0.3 is 0 Å². The molecule has 0 aliphatic carbocycles.